The average molecular weight is 319 g/mol. The summed E-state index contributed by atoms with van der Waals surface area (Å²) in [6.07, 6.45) is 3.34. The summed E-state index contributed by atoms with van der Waals surface area (Å²) < 4.78 is 12.3. The molecule has 0 N–H and O–H groups in total. The lowest BCUT2D eigenvalue weighted by Crippen LogP contribution is -2.42. The minimum absolute atomic E-state index is 0.141. The highest BCUT2D eigenvalue weighted by Gasteiger charge is 2.37. The van der Waals surface area contributed by atoms with E-state index in [2.05, 4.69) is 47.0 Å². The molecular weight excluding hydrogens is 288 g/mol. The van der Waals surface area contributed by atoms with Gasteiger partial charge in [-0.1, -0.05) is 63.3 Å². The Morgan fingerprint density at radius 3 is 2.14 bits per heavy atom. The molecule has 122 valence electrons. The fourth-order valence-electron chi connectivity index (χ4n) is 1.77. The van der Waals surface area contributed by atoms with Crippen LogP contribution in [0.1, 0.15) is 32.4 Å². The van der Waals surface area contributed by atoms with Gasteiger partial charge in [-0.3, -0.25) is 0 Å². The first-order chi connectivity index (χ1) is 10.2. The zero-order valence-electron chi connectivity index (χ0n) is 14.6. The Kier molecular flexibility index (Phi) is 6.79. The summed E-state index contributed by atoms with van der Waals surface area (Å²) in [5.74, 6) is 0. The van der Waals surface area contributed by atoms with Crippen molar-refractivity contribution in [2.75, 3.05) is 6.61 Å². The predicted octanol–water partition coefficient (Wildman–Crippen LogP) is 5.51. The van der Waals surface area contributed by atoms with Crippen LogP contribution in [-0.4, -0.2) is 21.0 Å². The molecule has 0 aliphatic heterocycles. The molecule has 22 heavy (non-hydrogen) atoms. The summed E-state index contributed by atoms with van der Waals surface area (Å²) in [7, 11) is -1.78. The van der Waals surface area contributed by atoms with Crippen LogP contribution in [0.25, 0.3) is 0 Å². The van der Waals surface area contributed by atoms with Gasteiger partial charge in [-0.25, -0.2) is 0 Å². The van der Waals surface area contributed by atoms with E-state index in [1.807, 2.05) is 42.5 Å². The molecule has 0 aliphatic carbocycles. The third-order valence-corrected chi connectivity index (χ3v) is 8.84. The second-order valence-corrected chi connectivity index (χ2v) is 11.9. The molecule has 1 rings (SSSR count). The van der Waals surface area contributed by atoms with Crippen molar-refractivity contribution in [3.8, 4) is 0 Å². The van der Waals surface area contributed by atoms with E-state index in [1.54, 1.807) is 0 Å². The van der Waals surface area contributed by atoms with Crippen molar-refractivity contribution in [1.29, 1.82) is 0 Å². The van der Waals surface area contributed by atoms with Crippen LogP contribution in [-0.2, 0) is 9.16 Å². The zero-order valence-corrected chi connectivity index (χ0v) is 15.6. The lowest BCUT2D eigenvalue weighted by Gasteiger charge is -2.37. The van der Waals surface area contributed by atoms with Gasteiger partial charge >= 0.3 is 0 Å². The molecule has 2 atom stereocenters. The maximum absolute atomic E-state index is 6.24. The molecule has 0 fully saturated rings. The highest BCUT2D eigenvalue weighted by atomic mass is 28.4. The first-order valence-electron chi connectivity index (χ1n) is 7.80. The largest absolute Gasteiger partial charge is 0.414 e. The van der Waals surface area contributed by atoms with Crippen molar-refractivity contribution in [2.45, 2.75) is 51.1 Å². The summed E-state index contributed by atoms with van der Waals surface area (Å²) >= 11 is 0. The van der Waals surface area contributed by atoms with Crippen LogP contribution in [0.2, 0.25) is 18.1 Å². The second kappa shape index (κ2) is 7.91. The zero-order chi connectivity index (χ0) is 16.8. The molecule has 0 aromatic heterocycles. The van der Waals surface area contributed by atoms with Crippen LogP contribution < -0.4 is 0 Å². The Balaban J connectivity index is 2.69. The van der Waals surface area contributed by atoms with Crippen LogP contribution in [0.4, 0.5) is 0 Å². The quantitative estimate of drug-likeness (QED) is 0.465. The second-order valence-electron chi connectivity index (χ2n) is 7.05. The fourth-order valence-corrected chi connectivity index (χ4v) is 2.79. The molecule has 1 aromatic rings. The van der Waals surface area contributed by atoms with Crippen molar-refractivity contribution in [2.24, 2.45) is 0 Å². The summed E-state index contributed by atoms with van der Waals surface area (Å²) in [4.78, 5) is 0. The van der Waals surface area contributed by atoms with Gasteiger partial charge in [0, 0.05) is 0 Å². The molecule has 0 bridgehead atoms. The first kappa shape index (κ1) is 18.9. The minimum atomic E-state index is -1.78. The predicted molar refractivity (Wildman–Crippen MR) is 97.6 cm³/mol. The topological polar surface area (TPSA) is 18.5 Å². The van der Waals surface area contributed by atoms with E-state index in [0.717, 1.165) is 5.56 Å². The Bertz CT molecular complexity index is 474. The monoisotopic (exact) mass is 318 g/mol. The molecule has 1 aromatic carbocycles. The van der Waals surface area contributed by atoms with Gasteiger partial charge in [0.1, 0.15) is 6.10 Å². The van der Waals surface area contributed by atoms with Gasteiger partial charge in [-0.05, 0) is 23.7 Å². The standard InChI is InChI=1S/C19H30O2Si/c1-8-17(15-20-22(6,7)19(3,4)5)21-18(9-2)16-13-11-10-12-14-16/h8-14,17-18H,1-2,15H2,3-7H3/t17-,18-/m1/s1. The average Bonchev–Trinajstić information content (AvgIpc) is 2.47. The Morgan fingerprint density at radius 2 is 1.68 bits per heavy atom. The number of ether oxygens (including phenoxy) is 1. The maximum Gasteiger partial charge on any atom is 0.192 e. The minimum Gasteiger partial charge on any atom is -0.414 e. The smallest absolute Gasteiger partial charge is 0.192 e. The molecule has 0 spiro atoms. The van der Waals surface area contributed by atoms with E-state index >= 15 is 0 Å². The molecule has 0 saturated carbocycles. The maximum atomic E-state index is 6.24. The van der Waals surface area contributed by atoms with E-state index in [1.165, 1.54) is 0 Å². The highest BCUT2D eigenvalue weighted by Crippen LogP contribution is 2.36. The lowest BCUT2D eigenvalue weighted by molar-refractivity contribution is 0.0111. The molecule has 2 nitrogen and oxygen atoms in total. The van der Waals surface area contributed by atoms with Gasteiger partial charge < -0.3 is 9.16 Å². The van der Waals surface area contributed by atoms with E-state index in [0.29, 0.717) is 6.61 Å². The molecular formula is C19H30O2Si. The summed E-state index contributed by atoms with van der Waals surface area (Å²) in [6.45, 7) is 19.5. The van der Waals surface area contributed by atoms with Gasteiger partial charge in [-0.2, -0.15) is 0 Å². The van der Waals surface area contributed by atoms with E-state index in [9.17, 15) is 0 Å². The van der Waals surface area contributed by atoms with E-state index < -0.39 is 8.32 Å². The normalized spacial score (nSPS) is 15.1. The molecule has 0 amide bonds. The summed E-state index contributed by atoms with van der Waals surface area (Å²) in [6, 6.07) is 10.1. The van der Waals surface area contributed by atoms with Crippen LogP contribution in [0.15, 0.2) is 55.6 Å². The SMILES string of the molecule is C=C[C@H](CO[Si](C)(C)C(C)(C)C)O[C@H](C=C)c1ccccc1. The van der Waals surface area contributed by atoms with Crippen LogP contribution in [0.3, 0.4) is 0 Å². The van der Waals surface area contributed by atoms with Crippen molar-refractivity contribution >= 4 is 8.32 Å². The number of rotatable bonds is 8. The highest BCUT2D eigenvalue weighted by molar-refractivity contribution is 6.74. The van der Waals surface area contributed by atoms with E-state index in [-0.39, 0.29) is 17.2 Å². The van der Waals surface area contributed by atoms with Gasteiger partial charge in [-0.15, -0.1) is 13.2 Å². The summed E-state index contributed by atoms with van der Waals surface area (Å²) in [5, 5.41) is 0.190. The van der Waals surface area contributed by atoms with Crippen LogP contribution >= 0.6 is 0 Å². The Morgan fingerprint density at radius 1 is 1.09 bits per heavy atom. The van der Waals surface area contributed by atoms with E-state index in [4.69, 9.17) is 9.16 Å². The third kappa shape index (κ3) is 5.23. The number of hydrogen-bond acceptors (Lipinski definition) is 2. The van der Waals surface area contributed by atoms with Gasteiger partial charge in [0.05, 0.1) is 12.7 Å². The third-order valence-electron chi connectivity index (χ3n) is 4.34. The summed E-state index contributed by atoms with van der Waals surface area (Å²) in [5.41, 5.74) is 1.09. The molecule has 3 heteroatoms. The van der Waals surface area contributed by atoms with Crippen LogP contribution in [0.5, 0.6) is 0 Å². The van der Waals surface area contributed by atoms with Gasteiger partial charge in [0.25, 0.3) is 0 Å². The first-order valence-corrected chi connectivity index (χ1v) is 10.7. The number of benzene rings is 1. The Hall–Kier alpha value is -1.16. The van der Waals surface area contributed by atoms with Gasteiger partial charge in [0.2, 0.25) is 0 Å². The van der Waals surface area contributed by atoms with Gasteiger partial charge in [0.15, 0.2) is 8.32 Å². The molecule has 0 unspecified atom stereocenters. The molecule has 0 radical (unpaired) electrons. The number of hydrogen-bond donors (Lipinski definition) is 0. The fraction of sp³-hybridized carbons (Fsp3) is 0.474. The lowest BCUT2D eigenvalue weighted by atomic mass is 10.1. The molecule has 0 heterocycles. The van der Waals surface area contributed by atoms with Crippen LogP contribution in [0, 0.1) is 0 Å². The van der Waals surface area contributed by atoms with Crippen molar-refractivity contribution in [3.63, 3.8) is 0 Å². The van der Waals surface area contributed by atoms with Crippen molar-refractivity contribution in [1.82, 2.24) is 0 Å². The Labute approximate surface area is 137 Å². The molecule has 0 saturated heterocycles. The molecule has 0 aliphatic rings. The van der Waals surface area contributed by atoms with Crippen molar-refractivity contribution in [3.05, 3.63) is 61.2 Å². The van der Waals surface area contributed by atoms with Crippen molar-refractivity contribution < 1.29 is 9.16 Å².